The van der Waals surface area contributed by atoms with Crippen LogP contribution in [0.1, 0.15) is 31.2 Å². The van der Waals surface area contributed by atoms with Gasteiger partial charge in [-0.05, 0) is 67.3 Å². The van der Waals surface area contributed by atoms with Crippen LogP contribution in [0, 0.1) is 17.2 Å². The van der Waals surface area contributed by atoms with E-state index in [2.05, 4.69) is 21.3 Å². The summed E-state index contributed by atoms with van der Waals surface area (Å²) in [7, 11) is 2.02. The highest BCUT2D eigenvalue weighted by molar-refractivity contribution is 5.94. The van der Waals surface area contributed by atoms with Crippen molar-refractivity contribution in [2.24, 2.45) is 11.7 Å². The second-order valence-electron chi connectivity index (χ2n) is 9.36. The predicted octanol–water partition coefficient (Wildman–Crippen LogP) is 2.62. The van der Waals surface area contributed by atoms with Crippen LogP contribution >= 0.6 is 0 Å². The number of carbonyl (C=O) groups excluding carboxylic acids is 1. The molecule has 2 aromatic heterocycles. The van der Waals surface area contributed by atoms with Crippen LogP contribution in [0.15, 0.2) is 47.3 Å². The van der Waals surface area contributed by atoms with E-state index >= 15 is 0 Å². The summed E-state index contributed by atoms with van der Waals surface area (Å²) in [5, 5.41) is 13.0. The van der Waals surface area contributed by atoms with Gasteiger partial charge >= 0.3 is 0 Å². The number of fused-ring (bicyclic) bond motifs is 2. The number of ether oxygens (including phenoxy) is 1. The lowest BCUT2D eigenvalue weighted by Crippen LogP contribution is -2.43. The van der Waals surface area contributed by atoms with E-state index in [-0.39, 0.29) is 24.1 Å². The molecular weight excluding hydrogens is 444 g/mol. The molecule has 5 rings (SSSR count). The van der Waals surface area contributed by atoms with Gasteiger partial charge in [0.25, 0.3) is 11.5 Å². The summed E-state index contributed by atoms with van der Waals surface area (Å²) in [6.45, 7) is 0.431. The Labute approximate surface area is 203 Å². The fourth-order valence-corrected chi connectivity index (χ4v) is 5.16. The second kappa shape index (κ2) is 9.39. The van der Waals surface area contributed by atoms with Crippen molar-refractivity contribution in [3.8, 4) is 11.8 Å². The molecule has 0 spiro atoms. The summed E-state index contributed by atoms with van der Waals surface area (Å²) >= 11 is 0. The zero-order valence-electron chi connectivity index (χ0n) is 19.6. The first kappa shape index (κ1) is 22.9. The van der Waals surface area contributed by atoms with Crippen molar-refractivity contribution in [1.82, 2.24) is 9.55 Å². The SMILES string of the molecule is CN(c1ccc2c(n1)NC(=O)CO2)[C@H]1CC[C@H](C(N)Cn2c(=O)ccc3ccc(C#N)cc32)CC1. The highest BCUT2D eigenvalue weighted by atomic mass is 16.5. The smallest absolute Gasteiger partial charge is 0.263 e. The lowest BCUT2D eigenvalue weighted by Gasteiger charge is -2.37. The third-order valence-corrected chi connectivity index (χ3v) is 7.23. The molecule has 180 valence electrons. The largest absolute Gasteiger partial charge is 0.480 e. The van der Waals surface area contributed by atoms with E-state index in [0.717, 1.165) is 42.4 Å². The molecule has 9 nitrogen and oxygen atoms in total. The normalized spacial score (nSPS) is 20.3. The first-order valence-corrected chi connectivity index (χ1v) is 11.9. The zero-order valence-corrected chi connectivity index (χ0v) is 19.6. The maximum absolute atomic E-state index is 12.6. The molecule has 1 fully saturated rings. The van der Waals surface area contributed by atoms with Gasteiger partial charge in [-0.1, -0.05) is 6.07 Å². The van der Waals surface area contributed by atoms with Gasteiger partial charge < -0.3 is 25.3 Å². The standard InChI is InChI=1S/C26H28N6O3/c1-31(23-10-9-22-26(29-23)30-24(33)15-35-22)19-7-4-17(5-8-19)20(28)14-32-21-12-16(13-27)2-3-18(21)6-11-25(32)34/h2-3,6,9-12,17,19-20H,4-5,7-8,14-15,28H2,1H3,(H,29,30,33)/t17-,19-,20?. The third kappa shape index (κ3) is 4.57. The Balaban J connectivity index is 1.25. The predicted molar refractivity (Wildman–Crippen MR) is 133 cm³/mol. The third-order valence-electron chi connectivity index (χ3n) is 7.23. The summed E-state index contributed by atoms with van der Waals surface area (Å²) in [6, 6.07) is 14.8. The molecule has 3 aromatic rings. The van der Waals surface area contributed by atoms with Crippen molar-refractivity contribution in [3.05, 3.63) is 58.4 Å². The van der Waals surface area contributed by atoms with E-state index < -0.39 is 0 Å². The molecule has 0 radical (unpaired) electrons. The Morgan fingerprint density at radius 1 is 1.20 bits per heavy atom. The summed E-state index contributed by atoms with van der Waals surface area (Å²) < 4.78 is 7.11. The van der Waals surface area contributed by atoms with Gasteiger partial charge in [-0.3, -0.25) is 9.59 Å². The monoisotopic (exact) mass is 472 g/mol. The van der Waals surface area contributed by atoms with Crippen molar-refractivity contribution in [2.75, 3.05) is 23.9 Å². The molecule has 3 heterocycles. The molecule has 1 aliphatic heterocycles. The molecule has 35 heavy (non-hydrogen) atoms. The minimum absolute atomic E-state index is 0.0124. The van der Waals surface area contributed by atoms with Gasteiger partial charge in [-0.15, -0.1) is 0 Å². The van der Waals surface area contributed by atoms with Crippen LogP contribution in [0.2, 0.25) is 0 Å². The molecule has 9 heteroatoms. The van der Waals surface area contributed by atoms with Gasteiger partial charge in [0.2, 0.25) is 0 Å². The number of nitrogens with one attached hydrogen (secondary N) is 1. The van der Waals surface area contributed by atoms with E-state index in [9.17, 15) is 14.9 Å². The van der Waals surface area contributed by atoms with E-state index in [1.165, 1.54) is 0 Å². The molecule has 1 amide bonds. The first-order chi connectivity index (χ1) is 16.9. The quantitative estimate of drug-likeness (QED) is 0.584. The topological polar surface area (TPSA) is 126 Å². The van der Waals surface area contributed by atoms with Crippen LogP contribution in [0.3, 0.4) is 0 Å². The number of nitrogens with two attached hydrogens (primary N) is 1. The van der Waals surface area contributed by atoms with Crippen molar-refractivity contribution in [1.29, 1.82) is 5.26 Å². The summed E-state index contributed by atoms with van der Waals surface area (Å²) in [5.41, 5.74) is 7.79. The van der Waals surface area contributed by atoms with Gasteiger partial charge in [0.05, 0.1) is 17.1 Å². The highest BCUT2D eigenvalue weighted by Gasteiger charge is 2.29. The van der Waals surface area contributed by atoms with Crippen molar-refractivity contribution in [2.45, 2.75) is 44.3 Å². The van der Waals surface area contributed by atoms with E-state index in [1.807, 2.05) is 25.2 Å². The number of nitriles is 1. The van der Waals surface area contributed by atoms with Gasteiger partial charge in [-0.2, -0.15) is 5.26 Å². The van der Waals surface area contributed by atoms with Crippen LogP contribution in [0.25, 0.3) is 10.9 Å². The van der Waals surface area contributed by atoms with Gasteiger partial charge in [0, 0.05) is 31.7 Å². The highest BCUT2D eigenvalue weighted by Crippen LogP contribution is 2.33. The van der Waals surface area contributed by atoms with Gasteiger partial charge in [-0.25, -0.2) is 4.98 Å². The summed E-state index contributed by atoms with van der Waals surface area (Å²) in [4.78, 5) is 31.0. The number of anilines is 2. The molecule has 1 atom stereocenters. The van der Waals surface area contributed by atoms with Gasteiger partial charge in [0.1, 0.15) is 5.82 Å². The van der Waals surface area contributed by atoms with E-state index in [4.69, 9.17) is 10.5 Å². The van der Waals surface area contributed by atoms with Crippen LogP contribution in [-0.2, 0) is 11.3 Å². The van der Waals surface area contributed by atoms with Crippen LogP contribution < -0.4 is 26.2 Å². The molecule has 1 saturated carbocycles. The fourth-order valence-electron chi connectivity index (χ4n) is 5.16. The Morgan fingerprint density at radius 2 is 1.97 bits per heavy atom. The van der Waals surface area contributed by atoms with E-state index in [1.54, 1.807) is 28.8 Å². The summed E-state index contributed by atoms with van der Waals surface area (Å²) in [6.07, 6.45) is 3.81. The minimum Gasteiger partial charge on any atom is -0.480 e. The van der Waals surface area contributed by atoms with Crippen LogP contribution in [-0.4, -0.2) is 41.2 Å². The lowest BCUT2D eigenvalue weighted by molar-refractivity contribution is -0.118. The molecule has 1 aromatic carbocycles. The Kier molecular flexibility index (Phi) is 6.14. The minimum atomic E-state index is -0.201. The Bertz CT molecular complexity index is 1370. The number of amides is 1. The molecule has 1 unspecified atom stereocenters. The Hall–Kier alpha value is -3.90. The van der Waals surface area contributed by atoms with Crippen LogP contribution in [0.5, 0.6) is 5.75 Å². The number of rotatable bonds is 5. The maximum atomic E-state index is 12.6. The molecule has 3 N–H and O–H groups in total. The fraction of sp³-hybridized carbons (Fsp3) is 0.385. The first-order valence-electron chi connectivity index (χ1n) is 11.9. The number of nitrogens with zero attached hydrogens (tertiary/aromatic N) is 4. The van der Waals surface area contributed by atoms with Crippen LogP contribution in [0.4, 0.5) is 11.6 Å². The zero-order chi connectivity index (χ0) is 24.5. The number of hydrogen-bond donors (Lipinski definition) is 2. The number of pyridine rings is 2. The summed E-state index contributed by atoms with van der Waals surface area (Å²) in [5.74, 6) is 1.93. The number of hydrogen-bond acceptors (Lipinski definition) is 7. The molecular formula is C26H28N6O3. The van der Waals surface area contributed by atoms with Gasteiger partial charge in [0.15, 0.2) is 18.2 Å². The van der Waals surface area contributed by atoms with Crippen molar-refractivity contribution < 1.29 is 9.53 Å². The molecule has 0 saturated heterocycles. The average Bonchev–Trinajstić information content (AvgIpc) is 2.89. The average molecular weight is 473 g/mol. The molecule has 2 aliphatic rings. The lowest BCUT2D eigenvalue weighted by atomic mass is 9.81. The number of carbonyl (C=O) groups is 1. The maximum Gasteiger partial charge on any atom is 0.263 e. The van der Waals surface area contributed by atoms with E-state index in [0.29, 0.717) is 35.6 Å². The molecule has 0 bridgehead atoms. The van der Waals surface area contributed by atoms with Crippen molar-refractivity contribution >= 4 is 28.4 Å². The van der Waals surface area contributed by atoms with Crippen molar-refractivity contribution in [3.63, 3.8) is 0 Å². The molecule has 1 aliphatic carbocycles. The Morgan fingerprint density at radius 3 is 2.74 bits per heavy atom. The second-order valence-corrected chi connectivity index (χ2v) is 9.36. The number of aromatic nitrogens is 2. The number of benzene rings is 1.